The third kappa shape index (κ3) is 2.85. The van der Waals surface area contributed by atoms with E-state index in [1.54, 1.807) is 4.90 Å². The number of nitrogens with zero attached hydrogens (tertiary/aromatic N) is 1. The molecule has 1 N–H and O–H groups in total. The SMILES string of the molecule is C[C@@H](O)C1CCN(C(=O)CCl)CC1. The van der Waals surface area contributed by atoms with Crippen LogP contribution >= 0.6 is 11.6 Å². The first-order valence-corrected chi connectivity index (χ1v) is 5.20. The zero-order valence-corrected chi connectivity index (χ0v) is 8.63. The molecule has 0 aromatic carbocycles. The molecule has 1 amide bonds. The molecule has 1 heterocycles. The first-order chi connectivity index (χ1) is 6.15. The fourth-order valence-electron chi connectivity index (χ4n) is 1.72. The lowest BCUT2D eigenvalue weighted by Gasteiger charge is -2.32. The first-order valence-electron chi connectivity index (χ1n) is 4.67. The summed E-state index contributed by atoms with van der Waals surface area (Å²) in [5, 5.41) is 9.33. The Morgan fingerprint density at radius 2 is 2.15 bits per heavy atom. The molecule has 0 saturated carbocycles. The van der Waals surface area contributed by atoms with E-state index >= 15 is 0 Å². The van der Waals surface area contributed by atoms with Gasteiger partial charge < -0.3 is 10.0 Å². The van der Waals surface area contributed by atoms with Crippen LogP contribution < -0.4 is 0 Å². The Hall–Kier alpha value is -0.280. The van der Waals surface area contributed by atoms with E-state index in [1.807, 2.05) is 6.92 Å². The van der Waals surface area contributed by atoms with Gasteiger partial charge in [0.15, 0.2) is 0 Å². The van der Waals surface area contributed by atoms with E-state index in [0.717, 1.165) is 25.9 Å². The van der Waals surface area contributed by atoms with Gasteiger partial charge in [0.1, 0.15) is 5.88 Å². The largest absolute Gasteiger partial charge is 0.393 e. The Kier molecular flexibility index (Phi) is 4.00. The van der Waals surface area contributed by atoms with Gasteiger partial charge in [0.05, 0.1) is 6.10 Å². The van der Waals surface area contributed by atoms with Crippen molar-refractivity contribution < 1.29 is 9.90 Å². The van der Waals surface area contributed by atoms with E-state index in [-0.39, 0.29) is 17.9 Å². The molecular formula is C9H16ClNO2. The number of amides is 1. The summed E-state index contributed by atoms with van der Waals surface area (Å²) in [7, 11) is 0. The Morgan fingerprint density at radius 1 is 1.62 bits per heavy atom. The number of aliphatic hydroxyl groups is 1. The molecule has 0 spiro atoms. The standard InChI is InChI=1S/C9H16ClNO2/c1-7(12)8-2-4-11(5-3-8)9(13)6-10/h7-8,12H,2-6H2,1H3/t7-/m1/s1. The zero-order chi connectivity index (χ0) is 9.84. The predicted molar refractivity (Wildman–Crippen MR) is 51.7 cm³/mol. The number of aliphatic hydroxyl groups excluding tert-OH is 1. The summed E-state index contributed by atoms with van der Waals surface area (Å²) in [5.41, 5.74) is 0. The summed E-state index contributed by atoms with van der Waals surface area (Å²) in [4.78, 5) is 12.9. The third-order valence-corrected chi connectivity index (χ3v) is 2.92. The Morgan fingerprint density at radius 3 is 2.54 bits per heavy atom. The van der Waals surface area contributed by atoms with E-state index in [4.69, 9.17) is 11.6 Å². The average molecular weight is 206 g/mol. The highest BCUT2D eigenvalue weighted by Gasteiger charge is 2.24. The predicted octanol–water partition coefficient (Wildman–Crippen LogP) is 0.845. The summed E-state index contributed by atoms with van der Waals surface area (Å²) in [6.45, 7) is 3.28. The normalized spacial score (nSPS) is 21.6. The summed E-state index contributed by atoms with van der Waals surface area (Å²) < 4.78 is 0. The number of piperidine rings is 1. The summed E-state index contributed by atoms with van der Waals surface area (Å²) in [6.07, 6.45) is 1.52. The van der Waals surface area contributed by atoms with Crippen LogP contribution in [0.25, 0.3) is 0 Å². The smallest absolute Gasteiger partial charge is 0.237 e. The van der Waals surface area contributed by atoms with Crippen LogP contribution in [0.5, 0.6) is 0 Å². The molecule has 1 aliphatic heterocycles. The van der Waals surface area contributed by atoms with Crippen LogP contribution in [0.3, 0.4) is 0 Å². The number of alkyl halides is 1. The van der Waals surface area contributed by atoms with Crippen LogP contribution in [0.2, 0.25) is 0 Å². The minimum absolute atomic E-state index is 0.00529. The molecule has 0 aliphatic carbocycles. The molecular weight excluding hydrogens is 190 g/mol. The van der Waals surface area contributed by atoms with Crippen LogP contribution in [0, 0.1) is 5.92 Å². The van der Waals surface area contributed by atoms with Gasteiger partial charge in [-0.05, 0) is 25.7 Å². The second kappa shape index (κ2) is 4.82. The molecule has 13 heavy (non-hydrogen) atoms. The van der Waals surface area contributed by atoms with Crippen molar-refractivity contribution in [2.45, 2.75) is 25.9 Å². The number of rotatable bonds is 2. The van der Waals surface area contributed by atoms with Crippen molar-refractivity contribution in [3.63, 3.8) is 0 Å². The van der Waals surface area contributed by atoms with Gasteiger partial charge in [-0.3, -0.25) is 4.79 Å². The molecule has 1 rings (SSSR count). The molecule has 0 unspecified atom stereocenters. The van der Waals surface area contributed by atoms with Gasteiger partial charge in [0.25, 0.3) is 0 Å². The Labute approximate surface area is 83.7 Å². The summed E-state index contributed by atoms with van der Waals surface area (Å²) in [6, 6.07) is 0. The van der Waals surface area contributed by atoms with Crippen molar-refractivity contribution in [2.75, 3.05) is 19.0 Å². The molecule has 3 nitrogen and oxygen atoms in total. The molecule has 1 fully saturated rings. The monoisotopic (exact) mass is 205 g/mol. The zero-order valence-electron chi connectivity index (χ0n) is 7.87. The van der Waals surface area contributed by atoms with Crippen LogP contribution in [0.1, 0.15) is 19.8 Å². The highest BCUT2D eigenvalue weighted by Crippen LogP contribution is 2.20. The van der Waals surface area contributed by atoms with Crippen molar-refractivity contribution in [1.82, 2.24) is 4.90 Å². The number of hydrogen-bond donors (Lipinski definition) is 1. The van der Waals surface area contributed by atoms with Crippen LogP contribution in [0.4, 0.5) is 0 Å². The maximum absolute atomic E-state index is 11.2. The molecule has 1 saturated heterocycles. The molecule has 0 radical (unpaired) electrons. The van der Waals surface area contributed by atoms with Crippen LogP contribution in [0.15, 0.2) is 0 Å². The lowest BCUT2D eigenvalue weighted by molar-refractivity contribution is -0.130. The summed E-state index contributed by atoms with van der Waals surface area (Å²) >= 11 is 5.44. The third-order valence-electron chi connectivity index (χ3n) is 2.69. The highest BCUT2D eigenvalue weighted by atomic mass is 35.5. The van der Waals surface area contributed by atoms with E-state index in [1.165, 1.54) is 0 Å². The first kappa shape index (κ1) is 10.8. The van der Waals surface area contributed by atoms with E-state index < -0.39 is 0 Å². The minimum Gasteiger partial charge on any atom is -0.393 e. The van der Waals surface area contributed by atoms with Gasteiger partial charge in [0, 0.05) is 13.1 Å². The Balaban J connectivity index is 2.34. The average Bonchev–Trinajstić information content (AvgIpc) is 2.17. The topological polar surface area (TPSA) is 40.5 Å². The lowest BCUT2D eigenvalue weighted by Crippen LogP contribution is -2.41. The van der Waals surface area contributed by atoms with Crippen LogP contribution in [-0.2, 0) is 4.79 Å². The van der Waals surface area contributed by atoms with E-state index in [9.17, 15) is 9.90 Å². The van der Waals surface area contributed by atoms with Crippen molar-refractivity contribution in [1.29, 1.82) is 0 Å². The minimum atomic E-state index is -0.256. The molecule has 0 aromatic rings. The highest BCUT2D eigenvalue weighted by molar-refractivity contribution is 6.27. The maximum Gasteiger partial charge on any atom is 0.237 e. The number of carbonyl (C=O) groups is 1. The molecule has 76 valence electrons. The van der Waals surface area contributed by atoms with Gasteiger partial charge >= 0.3 is 0 Å². The molecule has 0 aromatic heterocycles. The number of carbonyl (C=O) groups excluding carboxylic acids is 1. The van der Waals surface area contributed by atoms with E-state index in [0.29, 0.717) is 5.92 Å². The summed E-state index contributed by atoms with van der Waals surface area (Å²) in [5.74, 6) is 0.421. The fraction of sp³-hybridized carbons (Fsp3) is 0.889. The molecule has 4 heteroatoms. The van der Waals surface area contributed by atoms with Crippen molar-refractivity contribution in [3.8, 4) is 0 Å². The lowest BCUT2D eigenvalue weighted by atomic mass is 9.92. The number of halogens is 1. The fourth-order valence-corrected chi connectivity index (χ4v) is 1.88. The Bertz CT molecular complexity index is 176. The van der Waals surface area contributed by atoms with Gasteiger partial charge in [-0.25, -0.2) is 0 Å². The van der Waals surface area contributed by atoms with Crippen molar-refractivity contribution in [2.24, 2.45) is 5.92 Å². The molecule has 0 bridgehead atoms. The van der Waals surface area contributed by atoms with Gasteiger partial charge in [-0.15, -0.1) is 11.6 Å². The van der Waals surface area contributed by atoms with Crippen molar-refractivity contribution >= 4 is 17.5 Å². The van der Waals surface area contributed by atoms with Crippen molar-refractivity contribution in [3.05, 3.63) is 0 Å². The second-order valence-corrected chi connectivity index (χ2v) is 3.86. The van der Waals surface area contributed by atoms with Crippen LogP contribution in [-0.4, -0.2) is 41.0 Å². The van der Waals surface area contributed by atoms with Gasteiger partial charge in [0.2, 0.25) is 5.91 Å². The molecule has 1 atom stereocenters. The van der Waals surface area contributed by atoms with Gasteiger partial charge in [-0.2, -0.15) is 0 Å². The molecule has 1 aliphatic rings. The van der Waals surface area contributed by atoms with Gasteiger partial charge in [-0.1, -0.05) is 0 Å². The number of likely N-dealkylation sites (tertiary alicyclic amines) is 1. The second-order valence-electron chi connectivity index (χ2n) is 3.59. The maximum atomic E-state index is 11.2. The quantitative estimate of drug-likeness (QED) is 0.679. The van der Waals surface area contributed by atoms with E-state index in [2.05, 4.69) is 0 Å². The number of hydrogen-bond acceptors (Lipinski definition) is 2.